The molecule has 3 aromatic rings. The van der Waals surface area contributed by atoms with Crippen molar-refractivity contribution >= 4 is 51.6 Å². The van der Waals surface area contributed by atoms with Gasteiger partial charge in [0, 0.05) is 17.7 Å². The highest BCUT2D eigenvalue weighted by atomic mass is 32.1. The van der Waals surface area contributed by atoms with Crippen molar-refractivity contribution in [2.75, 3.05) is 23.8 Å². The van der Waals surface area contributed by atoms with Crippen molar-refractivity contribution in [1.82, 2.24) is 15.6 Å². The summed E-state index contributed by atoms with van der Waals surface area (Å²) in [6.45, 7) is 5.63. The molecule has 0 fully saturated rings. The fourth-order valence-electron chi connectivity index (χ4n) is 2.48. The van der Waals surface area contributed by atoms with Crippen LogP contribution in [-0.2, 0) is 9.53 Å². The number of anilines is 2. The summed E-state index contributed by atoms with van der Waals surface area (Å²) in [6.07, 6.45) is 0. The van der Waals surface area contributed by atoms with Crippen LogP contribution in [0.5, 0.6) is 0 Å². The molecule has 9 nitrogen and oxygen atoms in total. The Bertz CT molecular complexity index is 1100. The molecule has 0 spiro atoms. The van der Waals surface area contributed by atoms with E-state index in [2.05, 4.69) is 32.8 Å². The van der Waals surface area contributed by atoms with Crippen LogP contribution in [0.15, 0.2) is 59.2 Å². The Morgan fingerprint density at radius 3 is 2.47 bits per heavy atom. The van der Waals surface area contributed by atoms with Gasteiger partial charge in [0.15, 0.2) is 16.1 Å². The van der Waals surface area contributed by atoms with Gasteiger partial charge in [0.1, 0.15) is 6.61 Å². The lowest BCUT2D eigenvalue weighted by molar-refractivity contribution is -0.138. The maximum Gasteiger partial charge on any atom is 0.333 e. The molecule has 1 aromatic heterocycles. The number of aromatic nitrogens is 2. The second kappa shape index (κ2) is 9.61. The van der Waals surface area contributed by atoms with E-state index in [0.717, 1.165) is 0 Å². The molecule has 0 bridgehead atoms. The lowest BCUT2D eigenvalue weighted by atomic mass is 10.2. The van der Waals surface area contributed by atoms with Gasteiger partial charge in [-0.05, 0) is 53.7 Å². The maximum atomic E-state index is 12.2. The number of carbonyl (C=O) groups is 2. The number of esters is 1. The second-order valence-electron chi connectivity index (χ2n) is 6.24. The maximum absolute atomic E-state index is 12.2. The van der Waals surface area contributed by atoms with E-state index >= 15 is 0 Å². The molecule has 10 heteroatoms. The number of nitrogens with one attached hydrogen (secondary N) is 3. The zero-order valence-electron chi connectivity index (χ0n) is 16.1. The Kier molecular flexibility index (Phi) is 6.71. The molecular weight excluding hydrogens is 406 g/mol. The zero-order valence-corrected chi connectivity index (χ0v) is 16.9. The highest BCUT2D eigenvalue weighted by molar-refractivity contribution is 7.80. The number of carbonyl (C=O) groups excluding carboxylic acids is 2. The Hall–Kier alpha value is -3.79. The largest absolute Gasteiger partial charge is 0.460 e. The van der Waals surface area contributed by atoms with Gasteiger partial charge in [0.25, 0.3) is 5.91 Å². The van der Waals surface area contributed by atoms with Gasteiger partial charge in [-0.15, -0.1) is 0 Å². The quantitative estimate of drug-likeness (QED) is 0.227. The number of amides is 1. The van der Waals surface area contributed by atoms with E-state index < -0.39 is 5.97 Å². The average Bonchev–Trinajstić information content (AvgIpc) is 3.23. The number of nitrogens with zero attached hydrogens (tertiary/aromatic N) is 2. The van der Waals surface area contributed by atoms with Gasteiger partial charge in [-0.25, -0.2) is 9.42 Å². The normalized spacial score (nSPS) is 10.3. The van der Waals surface area contributed by atoms with Crippen LogP contribution in [-0.4, -0.2) is 40.5 Å². The van der Waals surface area contributed by atoms with Crippen molar-refractivity contribution in [3.05, 3.63) is 60.2 Å². The van der Waals surface area contributed by atoms with E-state index in [-0.39, 0.29) is 17.6 Å². The molecule has 1 amide bonds. The average molecular weight is 425 g/mol. The lowest BCUT2D eigenvalue weighted by Gasteiger charge is -2.11. The highest BCUT2D eigenvalue weighted by Gasteiger charge is 2.14. The molecule has 0 aliphatic rings. The molecule has 3 rings (SSSR count). The van der Waals surface area contributed by atoms with Gasteiger partial charge in [0.2, 0.25) is 0 Å². The van der Waals surface area contributed by atoms with E-state index in [1.807, 2.05) is 6.07 Å². The molecular formula is C20H19N5O4S. The van der Waals surface area contributed by atoms with E-state index in [0.29, 0.717) is 40.1 Å². The van der Waals surface area contributed by atoms with Crippen LogP contribution in [0.2, 0.25) is 0 Å². The summed E-state index contributed by atoms with van der Waals surface area (Å²) in [5.74, 6) is -0.777. The summed E-state index contributed by atoms with van der Waals surface area (Å²) in [5, 5.41) is 16.5. The van der Waals surface area contributed by atoms with Gasteiger partial charge in [-0.3, -0.25) is 10.1 Å². The molecule has 0 aliphatic carbocycles. The summed E-state index contributed by atoms with van der Waals surface area (Å²) in [4.78, 5) is 23.6. The van der Waals surface area contributed by atoms with Crippen LogP contribution < -0.4 is 16.0 Å². The first-order valence-electron chi connectivity index (χ1n) is 8.95. The van der Waals surface area contributed by atoms with E-state index in [9.17, 15) is 9.59 Å². The van der Waals surface area contributed by atoms with Gasteiger partial charge < -0.3 is 15.4 Å². The summed E-state index contributed by atoms with van der Waals surface area (Å²) in [6, 6.07) is 12.2. The molecule has 0 unspecified atom stereocenters. The first-order chi connectivity index (χ1) is 14.5. The van der Waals surface area contributed by atoms with Gasteiger partial charge >= 0.3 is 5.97 Å². The first-order valence-corrected chi connectivity index (χ1v) is 9.35. The number of fused-ring (bicyclic) bond motifs is 1. The van der Waals surface area contributed by atoms with E-state index in [1.165, 1.54) is 0 Å². The summed E-state index contributed by atoms with van der Waals surface area (Å²) < 4.78 is 9.89. The molecule has 0 saturated heterocycles. The molecule has 3 N–H and O–H groups in total. The topological polar surface area (TPSA) is 118 Å². The van der Waals surface area contributed by atoms with Gasteiger partial charge in [-0.2, -0.15) is 0 Å². The third-order valence-electron chi connectivity index (χ3n) is 3.93. The van der Waals surface area contributed by atoms with Crippen molar-refractivity contribution in [3.63, 3.8) is 0 Å². The second-order valence-corrected chi connectivity index (χ2v) is 6.65. The third-order valence-corrected chi connectivity index (χ3v) is 4.13. The number of benzene rings is 2. The SMILES string of the molecule is C=C(C)C(=O)OCCNc1ccc(NC(=S)NC(=O)c2ccccc2)c2nonc12. The third kappa shape index (κ3) is 5.17. The standard InChI is InChI=1S/C20H19N5O4S/c1-12(2)19(27)28-11-10-21-14-8-9-15(17-16(14)24-29-25-17)22-20(30)23-18(26)13-6-4-3-5-7-13/h3-9,21H,1,10-11H2,2H3,(H2,22,23,26,30). The minimum absolute atomic E-state index is 0.112. The van der Waals surface area contributed by atoms with E-state index in [1.54, 1.807) is 43.3 Å². The van der Waals surface area contributed by atoms with Crippen LogP contribution in [0.25, 0.3) is 11.0 Å². The van der Waals surface area contributed by atoms with Gasteiger partial charge in [-0.1, -0.05) is 24.8 Å². The minimum atomic E-state index is -0.448. The van der Waals surface area contributed by atoms with Crippen LogP contribution in [0.4, 0.5) is 11.4 Å². The molecule has 154 valence electrons. The molecule has 0 radical (unpaired) electrons. The van der Waals surface area contributed by atoms with Crippen molar-refractivity contribution < 1.29 is 19.0 Å². The van der Waals surface area contributed by atoms with Crippen molar-refractivity contribution in [2.24, 2.45) is 0 Å². The Morgan fingerprint density at radius 1 is 1.10 bits per heavy atom. The number of thiocarbonyl (C=S) groups is 1. The zero-order chi connectivity index (χ0) is 21.5. The molecule has 0 atom stereocenters. The molecule has 2 aromatic carbocycles. The first kappa shape index (κ1) is 20.9. The lowest BCUT2D eigenvalue weighted by Crippen LogP contribution is -2.34. The number of rotatable bonds is 7. The van der Waals surface area contributed by atoms with Crippen LogP contribution >= 0.6 is 12.2 Å². The number of hydrogen-bond donors (Lipinski definition) is 3. The van der Waals surface area contributed by atoms with Crippen molar-refractivity contribution in [2.45, 2.75) is 6.92 Å². The summed E-state index contributed by atoms with van der Waals surface area (Å²) in [5.41, 5.74) is 2.87. The Labute approximate surface area is 177 Å². The van der Waals surface area contributed by atoms with Crippen LogP contribution in [0.1, 0.15) is 17.3 Å². The smallest absolute Gasteiger partial charge is 0.333 e. The van der Waals surface area contributed by atoms with E-state index in [4.69, 9.17) is 21.6 Å². The Morgan fingerprint density at radius 2 is 1.77 bits per heavy atom. The Balaban J connectivity index is 1.62. The molecule has 1 heterocycles. The minimum Gasteiger partial charge on any atom is -0.460 e. The predicted molar refractivity (Wildman–Crippen MR) is 116 cm³/mol. The fourth-order valence-corrected chi connectivity index (χ4v) is 2.68. The fraction of sp³-hybridized carbons (Fsp3) is 0.150. The summed E-state index contributed by atoms with van der Waals surface area (Å²) >= 11 is 5.22. The van der Waals surface area contributed by atoms with Crippen LogP contribution in [0, 0.1) is 0 Å². The monoisotopic (exact) mass is 425 g/mol. The molecule has 0 saturated carbocycles. The molecule has 30 heavy (non-hydrogen) atoms. The predicted octanol–water partition coefficient (Wildman–Crippen LogP) is 2.88. The highest BCUT2D eigenvalue weighted by Crippen LogP contribution is 2.27. The molecule has 0 aliphatic heterocycles. The number of hydrogen-bond acceptors (Lipinski definition) is 8. The van der Waals surface area contributed by atoms with Crippen LogP contribution in [0.3, 0.4) is 0 Å². The van der Waals surface area contributed by atoms with Crippen molar-refractivity contribution in [1.29, 1.82) is 0 Å². The van der Waals surface area contributed by atoms with Gasteiger partial charge in [0.05, 0.1) is 11.4 Å². The van der Waals surface area contributed by atoms with Crippen molar-refractivity contribution in [3.8, 4) is 0 Å². The number of ether oxygens (including phenoxy) is 1. The summed E-state index contributed by atoms with van der Waals surface area (Å²) in [7, 11) is 0.